The van der Waals surface area contributed by atoms with Gasteiger partial charge in [0.05, 0.1) is 11.7 Å². The van der Waals surface area contributed by atoms with Crippen LogP contribution in [0.1, 0.15) is 32.9 Å². The lowest BCUT2D eigenvalue weighted by Crippen LogP contribution is -2.50. The van der Waals surface area contributed by atoms with Crippen molar-refractivity contribution in [2.24, 2.45) is 0 Å². The third-order valence-electron chi connectivity index (χ3n) is 3.77. The molecule has 0 aliphatic carbocycles. The molecule has 3 rings (SSSR count). The van der Waals surface area contributed by atoms with Gasteiger partial charge in [0.25, 0.3) is 0 Å². The Kier molecular flexibility index (Phi) is 3.16. The molecule has 110 valence electrons. The lowest BCUT2D eigenvalue weighted by atomic mass is 10.2. The van der Waals surface area contributed by atoms with Crippen LogP contribution >= 0.6 is 11.5 Å². The van der Waals surface area contributed by atoms with Crippen LogP contribution in [0.25, 0.3) is 0 Å². The van der Waals surface area contributed by atoms with Crippen molar-refractivity contribution in [3.05, 3.63) is 11.8 Å². The zero-order valence-electron chi connectivity index (χ0n) is 12.4. The van der Waals surface area contributed by atoms with Gasteiger partial charge in [0.1, 0.15) is 10.6 Å². The van der Waals surface area contributed by atoms with Gasteiger partial charge in [0.2, 0.25) is 0 Å². The highest BCUT2D eigenvalue weighted by Crippen LogP contribution is 2.37. The van der Waals surface area contributed by atoms with Crippen LogP contribution in [0.4, 0.5) is 9.80 Å². The van der Waals surface area contributed by atoms with Crippen LogP contribution in [0, 0.1) is 6.92 Å². The number of piperazine rings is 1. The molecule has 5 nitrogen and oxygen atoms in total. The van der Waals surface area contributed by atoms with E-state index in [1.165, 1.54) is 5.00 Å². The first-order chi connectivity index (χ1) is 9.33. The van der Waals surface area contributed by atoms with Crippen molar-refractivity contribution < 1.29 is 9.53 Å². The molecule has 2 bridgehead atoms. The summed E-state index contributed by atoms with van der Waals surface area (Å²) in [5, 5.41) is 1.22. The van der Waals surface area contributed by atoms with Gasteiger partial charge in [-0.05, 0) is 51.7 Å². The minimum Gasteiger partial charge on any atom is -0.444 e. The topological polar surface area (TPSA) is 45.7 Å². The van der Waals surface area contributed by atoms with Gasteiger partial charge in [-0.15, -0.1) is 0 Å². The summed E-state index contributed by atoms with van der Waals surface area (Å²) in [6.45, 7) is 9.40. The molecule has 0 N–H and O–H groups in total. The van der Waals surface area contributed by atoms with E-state index in [2.05, 4.69) is 15.3 Å². The van der Waals surface area contributed by atoms with Crippen LogP contribution < -0.4 is 4.90 Å². The normalized spacial score (nSPS) is 25.4. The van der Waals surface area contributed by atoms with E-state index >= 15 is 0 Å². The van der Waals surface area contributed by atoms with Crippen molar-refractivity contribution in [2.75, 3.05) is 18.0 Å². The second-order valence-electron chi connectivity index (χ2n) is 6.63. The molecule has 2 saturated heterocycles. The van der Waals surface area contributed by atoms with Gasteiger partial charge < -0.3 is 14.5 Å². The number of hydrogen-bond acceptors (Lipinski definition) is 5. The summed E-state index contributed by atoms with van der Waals surface area (Å²) in [5.41, 5.74) is 0.643. The Morgan fingerprint density at radius 3 is 2.65 bits per heavy atom. The van der Waals surface area contributed by atoms with E-state index in [4.69, 9.17) is 4.74 Å². The number of fused-ring (bicyclic) bond motifs is 2. The second-order valence-corrected chi connectivity index (χ2v) is 7.42. The van der Waals surface area contributed by atoms with Gasteiger partial charge >= 0.3 is 6.09 Å². The number of anilines is 1. The molecule has 3 heterocycles. The molecule has 1 amide bonds. The number of nitrogens with zero attached hydrogens (tertiary/aromatic N) is 3. The quantitative estimate of drug-likeness (QED) is 0.799. The van der Waals surface area contributed by atoms with E-state index in [1.54, 1.807) is 11.5 Å². The number of hydrogen-bond donors (Lipinski definition) is 0. The number of carbonyl (C=O) groups excluding carboxylic acids is 1. The van der Waals surface area contributed by atoms with Crippen LogP contribution in [0.5, 0.6) is 0 Å². The average molecular weight is 295 g/mol. The number of rotatable bonds is 1. The standard InChI is InChI=1S/C14H21N3O2S/c1-9-5-12(20-15-9)16-7-11-6-10(16)8-17(11)13(18)19-14(2,3)4/h5,10-11H,6-8H2,1-4H3/t10-,11-/m0/s1. The lowest BCUT2D eigenvalue weighted by molar-refractivity contribution is 0.0215. The number of amides is 1. The van der Waals surface area contributed by atoms with Crippen molar-refractivity contribution in [2.45, 2.75) is 51.8 Å². The summed E-state index contributed by atoms with van der Waals surface area (Å²) in [6, 6.07) is 2.81. The molecule has 2 aliphatic heterocycles. The van der Waals surface area contributed by atoms with Crippen LogP contribution in [-0.4, -0.2) is 46.1 Å². The van der Waals surface area contributed by atoms with Crippen molar-refractivity contribution in [3.63, 3.8) is 0 Å². The van der Waals surface area contributed by atoms with Gasteiger partial charge in [0.15, 0.2) is 0 Å². The van der Waals surface area contributed by atoms with Gasteiger partial charge in [-0.3, -0.25) is 0 Å². The summed E-state index contributed by atoms with van der Waals surface area (Å²) in [4.78, 5) is 16.4. The molecule has 2 atom stereocenters. The highest BCUT2D eigenvalue weighted by atomic mass is 32.1. The number of aryl methyl sites for hydroxylation is 1. The molecule has 1 aromatic rings. The maximum Gasteiger partial charge on any atom is 0.410 e. The monoisotopic (exact) mass is 295 g/mol. The van der Waals surface area contributed by atoms with E-state index in [0.717, 1.165) is 25.2 Å². The maximum atomic E-state index is 12.2. The van der Waals surface area contributed by atoms with Crippen molar-refractivity contribution >= 4 is 22.6 Å². The van der Waals surface area contributed by atoms with E-state index < -0.39 is 5.60 Å². The van der Waals surface area contributed by atoms with Crippen LogP contribution in [0.15, 0.2) is 6.07 Å². The third kappa shape index (κ3) is 2.49. The van der Waals surface area contributed by atoms with E-state index in [9.17, 15) is 4.79 Å². The number of ether oxygens (including phenoxy) is 1. The molecule has 2 fully saturated rings. The maximum absolute atomic E-state index is 12.2. The van der Waals surface area contributed by atoms with Gasteiger partial charge in [0, 0.05) is 19.1 Å². The molecule has 6 heteroatoms. The minimum absolute atomic E-state index is 0.176. The molecular weight excluding hydrogens is 274 g/mol. The Hall–Kier alpha value is -1.30. The predicted octanol–water partition coefficient (Wildman–Crippen LogP) is 2.65. The molecule has 0 saturated carbocycles. The molecule has 0 unspecified atom stereocenters. The summed E-state index contributed by atoms with van der Waals surface area (Å²) >= 11 is 1.55. The molecule has 2 aliphatic rings. The van der Waals surface area contributed by atoms with Crippen LogP contribution in [-0.2, 0) is 4.74 Å². The molecule has 0 spiro atoms. The largest absolute Gasteiger partial charge is 0.444 e. The molecule has 0 radical (unpaired) electrons. The summed E-state index contributed by atoms with van der Waals surface area (Å²) in [7, 11) is 0. The third-order valence-corrected chi connectivity index (χ3v) is 4.69. The molecule has 0 aromatic carbocycles. The summed E-state index contributed by atoms with van der Waals surface area (Å²) in [6.07, 6.45) is 0.862. The Balaban J connectivity index is 1.66. The average Bonchev–Trinajstić information content (AvgIpc) is 2.99. The van der Waals surface area contributed by atoms with E-state index in [1.807, 2.05) is 32.6 Å². The number of likely N-dealkylation sites (tertiary alicyclic amines) is 1. The molecule has 20 heavy (non-hydrogen) atoms. The first-order valence-corrected chi connectivity index (χ1v) is 7.80. The Morgan fingerprint density at radius 2 is 2.15 bits per heavy atom. The first kappa shape index (κ1) is 13.7. The van der Waals surface area contributed by atoms with Crippen molar-refractivity contribution in [3.8, 4) is 0 Å². The predicted molar refractivity (Wildman–Crippen MR) is 79.3 cm³/mol. The van der Waals surface area contributed by atoms with Crippen LogP contribution in [0.3, 0.4) is 0 Å². The number of aromatic nitrogens is 1. The van der Waals surface area contributed by atoms with Gasteiger partial charge in [-0.1, -0.05) is 0 Å². The SMILES string of the molecule is Cc1cc(N2C[C@@H]3C[C@H]2CN3C(=O)OC(C)(C)C)sn1. The highest BCUT2D eigenvalue weighted by molar-refractivity contribution is 7.10. The smallest absolute Gasteiger partial charge is 0.410 e. The van der Waals surface area contributed by atoms with Gasteiger partial charge in [-0.25, -0.2) is 4.79 Å². The fourth-order valence-electron chi connectivity index (χ4n) is 2.97. The first-order valence-electron chi connectivity index (χ1n) is 7.03. The van der Waals surface area contributed by atoms with E-state index in [0.29, 0.717) is 6.04 Å². The fraction of sp³-hybridized carbons (Fsp3) is 0.714. The Bertz CT molecular complexity index is 523. The fourth-order valence-corrected chi connectivity index (χ4v) is 3.81. The zero-order valence-corrected chi connectivity index (χ0v) is 13.2. The van der Waals surface area contributed by atoms with E-state index in [-0.39, 0.29) is 12.1 Å². The molecular formula is C14H21N3O2S. The number of carbonyl (C=O) groups is 1. The minimum atomic E-state index is -0.423. The summed E-state index contributed by atoms with van der Waals surface area (Å²) in [5.74, 6) is 0. The summed E-state index contributed by atoms with van der Waals surface area (Å²) < 4.78 is 9.82. The van der Waals surface area contributed by atoms with Crippen molar-refractivity contribution in [1.29, 1.82) is 0 Å². The molecule has 1 aromatic heterocycles. The second kappa shape index (κ2) is 4.62. The zero-order chi connectivity index (χ0) is 14.5. The highest BCUT2D eigenvalue weighted by Gasteiger charge is 2.46. The van der Waals surface area contributed by atoms with Gasteiger partial charge in [-0.2, -0.15) is 4.37 Å². The lowest BCUT2D eigenvalue weighted by Gasteiger charge is -2.35. The Labute approximate surface area is 123 Å². The van der Waals surface area contributed by atoms with Crippen LogP contribution in [0.2, 0.25) is 0 Å². The Morgan fingerprint density at radius 1 is 1.40 bits per heavy atom. The van der Waals surface area contributed by atoms with Crippen molar-refractivity contribution in [1.82, 2.24) is 9.27 Å².